The van der Waals surface area contributed by atoms with Gasteiger partial charge < -0.3 is 15.7 Å². The number of hydrogen-bond acceptors (Lipinski definition) is 5. The summed E-state index contributed by atoms with van der Waals surface area (Å²) in [6.07, 6.45) is 1.79. The summed E-state index contributed by atoms with van der Waals surface area (Å²) in [5.74, 6) is -0.100. The van der Waals surface area contributed by atoms with Gasteiger partial charge in [-0.25, -0.2) is 4.68 Å². The standard InChI is InChI=1S/C14H19N5O2/c1-10-3-4-12(16-11(2)21)7-14(10)15-8-13-9-19(5-6-20)18-17-13/h3-4,7,9,15,20H,5-6,8H2,1-2H3,(H,16,21). The Balaban J connectivity index is 2.02. The second-order valence-corrected chi connectivity index (χ2v) is 4.76. The van der Waals surface area contributed by atoms with E-state index in [0.29, 0.717) is 13.1 Å². The first kappa shape index (κ1) is 15.0. The van der Waals surface area contributed by atoms with E-state index in [2.05, 4.69) is 20.9 Å². The van der Waals surface area contributed by atoms with Crippen LogP contribution in [0.2, 0.25) is 0 Å². The minimum atomic E-state index is -0.100. The molecule has 7 nitrogen and oxygen atoms in total. The first-order valence-corrected chi connectivity index (χ1v) is 6.70. The molecule has 0 saturated heterocycles. The molecule has 21 heavy (non-hydrogen) atoms. The Bertz CT molecular complexity index is 624. The number of aromatic nitrogens is 3. The number of hydrogen-bond donors (Lipinski definition) is 3. The van der Waals surface area contributed by atoms with Gasteiger partial charge in [0.15, 0.2) is 0 Å². The third-order valence-corrected chi connectivity index (χ3v) is 2.93. The molecule has 0 unspecified atom stereocenters. The third-order valence-electron chi connectivity index (χ3n) is 2.93. The van der Waals surface area contributed by atoms with E-state index >= 15 is 0 Å². The monoisotopic (exact) mass is 289 g/mol. The molecular formula is C14H19N5O2. The molecule has 0 aliphatic rings. The lowest BCUT2D eigenvalue weighted by Gasteiger charge is -2.10. The van der Waals surface area contributed by atoms with E-state index in [1.807, 2.05) is 25.1 Å². The second-order valence-electron chi connectivity index (χ2n) is 4.76. The number of aliphatic hydroxyl groups is 1. The van der Waals surface area contributed by atoms with Crippen LogP contribution in [0.4, 0.5) is 11.4 Å². The Morgan fingerprint density at radius 1 is 1.43 bits per heavy atom. The van der Waals surface area contributed by atoms with E-state index < -0.39 is 0 Å². The van der Waals surface area contributed by atoms with Gasteiger partial charge in [0.05, 0.1) is 25.9 Å². The highest BCUT2D eigenvalue weighted by Crippen LogP contribution is 2.20. The zero-order chi connectivity index (χ0) is 15.2. The molecule has 0 atom stereocenters. The highest BCUT2D eigenvalue weighted by Gasteiger charge is 2.04. The van der Waals surface area contributed by atoms with Crippen molar-refractivity contribution in [2.75, 3.05) is 17.2 Å². The minimum Gasteiger partial charge on any atom is -0.394 e. The van der Waals surface area contributed by atoms with Gasteiger partial charge in [0.2, 0.25) is 5.91 Å². The first-order chi connectivity index (χ1) is 10.1. The van der Waals surface area contributed by atoms with Crippen LogP contribution in [0.25, 0.3) is 0 Å². The van der Waals surface area contributed by atoms with Gasteiger partial charge in [0.1, 0.15) is 5.69 Å². The van der Waals surface area contributed by atoms with Crippen LogP contribution in [0.3, 0.4) is 0 Å². The summed E-state index contributed by atoms with van der Waals surface area (Å²) in [6, 6.07) is 5.69. The van der Waals surface area contributed by atoms with Crippen LogP contribution in [0, 0.1) is 6.92 Å². The van der Waals surface area contributed by atoms with Crippen molar-refractivity contribution in [3.63, 3.8) is 0 Å². The number of benzene rings is 1. The summed E-state index contributed by atoms with van der Waals surface area (Å²) in [7, 11) is 0. The summed E-state index contributed by atoms with van der Waals surface area (Å²) in [5.41, 5.74) is 3.54. The largest absolute Gasteiger partial charge is 0.394 e. The Kier molecular flexibility index (Phi) is 4.89. The number of carbonyl (C=O) groups excluding carboxylic acids is 1. The van der Waals surface area contributed by atoms with Crippen molar-refractivity contribution >= 4 is 17.3 Å². The molecule has 1 heterocycles. The van der Waals surface area contributed by atoms with Crippen molar-refractivity contribution in [3.8, 4) is 0 Å². The summed E-state index contributed by atoms with van der Waals surface area (Å²) in [5, 5.41) is 22.8. The van der Waals surface area contributed by atoms with E-state index in [1.165, 1.54) is 6.92 Å². The predicted octanol–water partition coefficient (Wildman–Crippen LogP) is 1.15. The lowest BCUT2D eigenvalue weighted by molar-refractivity contribution is -0.114. The first-order valence-electron chi connectivity index (χ1n) is 6.70. The molecule has 1 amide bonds. The zero-order valence-corrected chi connectivity index (χ0v) is 12.1. The minimum absolute atomic E-state index is 0.0358. The van der Waals surface area contributed by atoms with Gasteiger partial charge >= 0.3 is 0 Å². The van der Waals surface area contributed by atoms with Crippen molar-refractivity contribution < 1.29 is 9.90 Å². The maximum atomic E-state index is 11.1. The van der Waals surface area contributed by atoms with Gasteiger partial charge in [-0.05, 0) is 24.6 Å². The van der Waals surface area contributed by atoms with Crippen molar-refractivity contribution in [1.29, 1.82) is 0 Å². The molecule has 112 valence electrons. The van der Waals surface area contributed by atoms with Gasteiger partial charge in [-0.3, -0.25) is 4.79 Å². The molecule has 7 heteroatoms. The van der Waals surface area contributed by atoms with E-state index in [-0.39, 0.29) is 12.5 Å². The Labute approximate surface area is 123 Å². The Morgan fingerprint density at radius 2 is 2.24 bits per heavy atom. The highest BCUT2D eigenvalue weighted by molar-refractivity contribution is 5.89. The molecule has 0 aliphatic heterocycles. The fourth-order valence-corrected chi connectivity index (χ4v) is 1.91. The molecule has 0 saturated carbocycles. The fourth-order valence-electron chi connectivity index (χ4n) is 1.91. The van der Waals surface area contributed by atoms with E-state index in [1.54, 1.807) is 10.9 Å². The topological polar surface area (TPSA) is 92.1 Å². The number of amides is 1. The second kappa shape index (κ2) is 6.85. The highest BCUT2D eigenvalue weighted by atomic mass is 16.3. The number of nitrogens with zero attached hydrogens (tertiary/aromatic N) is 3. The van der Waals surface area contributed by atoms with Crippen LogP contribution in [0.15, 0.2) is 24.4 Å². The molecule has 0 bridgehead atoms. The van der Waals surface area contributed by atoms with Crippen molar-refractivity contribution in [1.82, 2.24) is 15.0 Å². The molecule has 0 radical (unpaired) electrons. The van der Waals surface area contributed by atoms with Crippen molar-refractivity contribution in [2.24, 2.45) is 0 Å². The molecule has 3 N–H and O–H groups in total. The van der Waals surface area contributed by atoms with Crippen LogP contribution in [0.5, 0.6) is 0 Å². The number of rotatable bonds is 6. The zero-order valence-electron chi connectivity index (χ0n) is 12.1. The summed E-state index contributed by atoms with van der Waals surface area (Å²) < 4.78 is 1.59. The quantitative estimate of drug-likeness (QED) is 0.742. The van der Waals surface area contributed by atoms with E-state index in [9.17, 15) is 4.79 Å². The van der Waals surface area contributed by atoms with Crippen LogP contribution in [-0.4, -0.2) is 32.6 Å². The maximum Gasteiger partial charge on any atom is 0.221 e. The number of aliphatic hydroxyl groups excluding tert-OH is 1. The molecule has 0 aliphatic carbocycles. The summed E-state index contributed by atoms with van der Waals surface area (Å²) in [6.45, 7) is 4.46. The Hall–Kier alpha value is -2.41. The van der Waals surface area contributed by atoms with Gasteiger partial charge in [0, 0.05) is 18.3 Å². The average molecular weight is 289 g/mol. The van der Waals surface area contributed by atoms with Crippen LogP contribution in [-0.2, 0) is 17.9 Å². The SMILES string of the molecule is CC(=O)Nc1ccc(C)c(NCc2cn(CCO)nn2)c1. The predicted molar refractivity (Wildman–Crippen MR) is 79.9 cm³/mol. The number of carbonyl (C=O) groups is 1. The van der Waals surface area contributed by atoms with Gasteiger partial charge in [-0.2, -0.15) is 0 Å². The van der Waals surface area contributed by atoms with E-state index in [4.69, 9.17) is 5.11 Å². The molecule has 2 rings (SSSR count). The van der Waals surface area contributed by atoms with Gasteiger partial charge in [-0.15, -0.1) is 5.10 Å². The van der Waals surface area contributed by atoms with Crippen LogP contribution in [0.1, 0.15) is 18.2 Å². The normalized spacial score (nSPS) is 10.4. The molecule has 2 aromatic rings. The number of anilines is 2. The Morgan fingerprint density at radius 3 is 2.95 bits per heavy atom. The fraction of sp³-hybridized carbons (Fsp3) is 0.357. The van der Waals surface area contributed by atoms with Crippen LogP contribution >= 0.6 is 0 Å². The van der Waals surface area contributed by atoms with E-state index in [0.717, 1.165) is 22.6 Å². The van der Waals surface area contributed by atoms with Gasteiger partial charge in [-0.1, -0.05) is 11.3 Å². The lowest BCUT2D eigenvalue weighted by Crippen LogP contribution is -2.07. The molecule has 1 aromatic carbocycles. The molecule has 1 aromatic heterocycles. The molecular weight excluding hydrogens is 270 g/mol. The lowest BCUT2D eigenvalue weighted by atomic mass is 10.1. The number of nitrogens with one attached hydrogen (secondary N) is 2. The van der Waals surface area contributed by atoms with Crippen molar-refractivity contribution in [3.05, 3.63) is 35.7 Å². The van der Waals surface area contributed by atoms with Crippen molar-refractivity contribution in [2.45, 2.75) is 26.9 Å². The summed E-state index contributed by atoms with van der Waals surface area (Å²) in [4.78, 5) is 11.1. The maximum absolute atomic E-state index is 11.1. The third kappa shape index (κ3) is 4.28. The average Bonchev–Trinajstić information content (AvgIpc) is 2.87. The summed E-state index contributed by atoms with van der Waals surface area (Å²) >= 11 is 0. The number of aryl methyl sites for hydroxylation is 1. The van der Waals surface area contributed by atoms with Crippen LogP contribution < -0.4 is 10.6 Å². The smallest absolute Gasteiger partial charge is 0.221 e. The molecule has 0 spiro atoms. The molecule has 0 fully saturated rings. The van der Waals surface area contributed by atoms with Gasteiger partial charge in [0.25, 0.3) is 0 Å².